The Morgan fingerprint density at radius 2 is 1.90 bits per heavy atom. The van der Waals surface area contributed by atoms with Crippen LogP contribution in [0.25, 0.3) is 0 Å². The van der Waals surface area contributed by atoms with Crippen molar-refractivity contribution in [3.05, 3.63) is 23.8 Å². The molecule has 1 aromatic carbocycles. The van der Waals surface area contributed by atoms with Gasteiger partial charge in [-0.25, -0.2) is 8.78 Å². The van der Waals surface area contributed by atoms with E-state index >= 15 is 0 Å². The second-order valence-corrected chi connectivity index (χ2v) is 4.11. The fourth-order valence-electron chi connectivity index (χ4n) is 1.77. The van der Waals surface area contributed by atoms with Crippen LogP contribution in [0.2, 0.25) is 0 Å². The van der Waals surface area contributed by atoms with Gasteiger partial charge in [-0.3, -0.25) is 0 Å². The SMILES string of the molecule is CCOc1cc(C(CN)NCC(F)F)ccc1OC(F)F. The Morgan fingerprint density at radius 3 is 2.43 bits per heavy atom. The number of nitrogens with one attached hydrogen (secondary N) is 1. The molecule has 0 heterocycles. The minimum absolute atomic E-state index is 0.0767. The molecule has 8 heteroatoms. The maximum atomic E-state index is 12.3. The fourth-order valence-corrected chi connectivity index (χ4v) is 1.77. The lowest BCUT2D eigenvalue weighted by Gasteiger charge is -2.19. The first kappa shape index (κ1) is 17.5. The van der Waals surface area contributed by atoms with Gasteiger partial charge in [0.2, 0.25) is 0 Å². The molecule has 0 aromatic heterocycles. The number of hydrogen-bond acceptors (Lipinski definition) is 4. The topological polar surface area (TPSA) is 56.5 Å². The smallest absolute Gasteiger partial charge is 0.387 e. The highest BCUT2D eigenvalue weighted by Gasteiger charge is 2.16. The van der Waals surface area contributed by atoms with E-state index in [1.165, 1.54) is 18.2 Å². The molecule has 21 heavy (non-hydrogen) atoms. The van der Waals surface area contributed by atoms with Crippen LogP contribution in [-0.2, 0) is 0 Å². The first-order chi connectivity index (χ1) is 9.97. The third kappa shape index (κ3) is 5.76. The summed E-state index contributed by atoms with van der Waals surface area (Å²) in [6, 6.07) is 3.71. The Kier molecular flexibility index (Phi) is 7.24. The lowest BCUT2D eigenvalue weighted by atomic mass is 10.1. The van der Waals surface area contributed by atoms with Crippen molar-refractivity contribution >= 4 is 0 Å². The zero-order valence-corrected chi connectivity index (χ0v) is 11.5. The molecule has 0 aliphatic heterocycles. The van der Waals surface area contributed by atoms with Crippen molar-refractivity contribution in [1.29, 1.82) is 0 Å². The van der Waals surface area contributed by atoms with Gasteiger partial charge in [-0.1, -0.05) is 6.07 Å². The second-order valence-electron chi connectivity index (χ2n) is 4.11. The van der Waals surface area contributed by atoms with E-state index in [1.54, 1.807) is 6.92 Å². The lowest BCUT2D eigenvalue weighted by Crippen LogP contribution is -2.31. The third-order valence-electron chi connectivity index (χ3n) is 2.64. The molecular formula is C13H18F4N2O2. The number of hydrogen-bond donors (Lipinski definition) is 2. The third-order valence-corrected chi connectivity index (χ3v) is 2.64. The summed E-state index contributed by atoms with van der Waals surface area (Å²) < 4.78 is 58.6. The molecule has 0 saturated heterocycles. The van der Waals surface area contributed by atoms with Gasteiger partial charge < -0.3 is 20.5 Å². The summed E-state index contributed by atoms with van der Waals surface area (Å²) in [7, 11) is 0. The van der Waals surface area contributed by atoms with E-state index in [0.717, 1.165) is 0 Å². The predicted octanol–water partition coefficient (Wildman–Crippen LogP) is 2.54. The van der Waals surface area contributed by atoms with Crippen LogP contribution in [0.4, 0.5) is 17.6 Å². The number of benzene rings is 1. The number of alkyl halides is 4. The van der Waals surface area contributed by atoms with E-state index in [1.807, 2.05) is 0 Å². The van der Waals surface area contributed by atoms with Crippen LogP contribution >= 0.6 is 0 Å². The van der Waals surface area contributed by atoms with Crippen LogP contribution in [0.15, 0.2) is 18.2 Å². The number of rotatable bonds is 9. The molecule has 0 aliphatic carbocycles. The highest BCUT2D eigenvalue weighted by molar-refractivity contribution is 5.44. The van der Waals surface area contributed by atoms with Gasteiger partial charge in [-0.15, -0.1) is 0 Å². The van der Waals surface area contributed by atoms with E-state index in [2.05, 4.69) is 10.1 Å². The molecule has 0 aliphatic rings. The average Bonchev–Trinajstić information content (AvgIpc) is 2.41. The standard InChI is InChI=1S/C13H18F4N2O2/c1-2-20-11-5-8(3-4-10(11)21-13(16)17)9(6-18)19-7-12(14)15/h3-5,9,12-13,19H,2,6-7,18H2,1H3. The molecule has 1 aromatic rings. The van der Waals surface area contributed by atoms with E-state index in [0.29, 0.717) is 5.56 Å². The maximum Gasteiger partial charge on any atom is 0.387 e. The van der Waals surface area contributed by atoms with Crippen molar-refractivity contribution in [2.75, 3.05) is 19.7 Å². The molecule has 0 bridgehead atoms. The Bertz CT molecular complexity index is 433. The van der Waals surface area contributed by atoms with Gasteiger partial charge in [-0.05, 0) is 24.6 Å². The van der Waals surface area contributed by atoms with Gasteiger partial charge >= 0.3 is 6.61 Å². The van der Waals surface area contributed by atoms with Crippen LogP contribution < -0.4 is 20.5 Å². The Balaban J connectivity index is 2.93. The van der Waals surface area contributed by atoms with Crippen molar-refractivity contribution in [1.82, 2.24) is 5.32 Å². The summed E-state index contributed by atoms with van der Waals surface area (Å²) in [5.41, 5.74) is 6.09. The van der Waals surface area contributed by atoms with Gasteiger partial charge in [0.05, 0.1) is 13.2 Å². The van der Waals surface area contributed by atoms with Gasteiger partial charge in [0.1, 0.15) is 0 Å². The minimum atomic E-state index is -2.97. The highest BCUT2D eigenvalue weighted by atomic mass is 19.3. The summed E-state index contributed by atoms with van der Waals surface area (Å²) in [6.45, 7) is -1.47. The lowest BCUT2D eigenvalue weighted by molar-refractivity contribution is -0.0514. The van der Waals surface area contributed by atoms with Crippen LogP contribution in [0.1, 0.15) is 18.5 Å². The van der Waals surface area contributed by atoms with E-state index in [4.69, 9.17) is 10.5 Å². The van der Waals surface area contributed by atoms with Crippen molar-refractivity contribution in [2.45, 2.75) is 26.0 Å². The summed E-state index contributed by atoms with van der Waals surface area (Å²) in [4.78, 5) is 0. The van der Waals surface area contributed by atoms with E-state index < -0.39 is 25.6 Å². The van der Waals surface area contributed by atoms with Crippen LogP contribution in [0, 0.1) is 0 Å². The van der Waals surface area contributed by atoms with Crippen LogP contribution in [0.3, 0.4) is 0 Å². The summed E-state index contributed by atoms with van der Waals surface area (Å²) in [5, 5.41) is 2.60. The molecule has 4 nitrogen and oxygen atoms in total. The van der Waals surface area contributed by atoms with Crippen molar-refractivity contribution in [2.24, 2.45) is 5.73 Å². The Labute approximate surface area is 120 Å². The monoisotopic (exact) mass is 310 g/mol. The van der Waals surface area contributed by atoms with Crippen LogP contribution in [0.5, 0.6) is 11.5 Å². The molecule has 1 atom stereocenters. The number of nitrogens with two attached hydrogens (primary N) is 1. The quantitative estimate of drug-likeness (QED) is 0.688. The molecule has 0 radical (unpaired) electrons. The van der Waals surface area contributed by atoms with E-state index in [9.17, 15) is 17.6 Å². The Morgan fingerprint density at radius 1 is 1.19 bits per heavy atom. The zero-order valence-electron chi connectivity index (χ0n) is 11.5. The molecular weight excluding hydrogens is 292 g/mol. The summed E-state index contributed by atoms with van der Waals surface area (Å²) >= 11 is 0. The van der Waals surface area contributed by atoms with Gasteiger partial charge in [0, 0.05) is 12.6 Å². The average molecular weight is 310 g/mol. The molecule has 0 amide bonds. The number of ether oxygens (including phenoxy) is 2. The molecule has 0 spiro atoms. The maximum absolute atomic E-state index is 12.3. The summed E-state index contributed by atoms with van der Waals surface area (Å²) in [5.74, 6) is 0.00725. The first-order valence-corrected chi connectivity index (χ1v) is 6.41. The van der Waals surface area contributed by atoms with Gasteiger partial charge in [0.25, 0.3) is 6.43 Å². The summed E-state index contributed by atoms with van der Waals surface area (Å²) in [6.07, 6.45) is -2.51. The molecule has 120 valence electrons. The first-order valence-electron chi connectivity index (χ1n) is 6.41. The van der Waals surface area contributed by atoms with Crippen LogP contribution in [-0.4, -0.2) is 32.7 Å². The fraction of sp³-hybridized carbons (Fsp3) is 0.538. The predicted molar refractivity (Wildman–Crippen MR) is 70.0 cm³/mol. The van der Waals surface area contributed by atoms with Crippen molar-refractivity contribution < 1.29 is 27.0 Å². The molecule has 1 unspecified atom stereocenters. The highest BCUT2D eigenvalue weighted by Crippen LogP contribution is 2.31. The second kappa shape index (κ2) is 8.68. The zero-order chi connectivity index (χ0) is 15.8. The molecule has 0 saturated carbocycles. The van der Waals surface area contributed by atoms with Crippen molar-refractivity contribution in [3.63, 3.8) is 0 Å². The molecule has 1 rings (SSSR count). The normalized spacial score (nSPS) is 12.8. The minimum Gasteiger partial charge on any atom is -0.490 e. The number of halogens is 4. The van der Waals surface area contributed by atoms with Gasteiger partial charge in [-0.2, -0.15) is 8.78 Å². The van der Waals surface area contributed by atoms with Crippen molar-refractivity contribution in [3.8, 4) is 11.5 Å². The van der Waals surface area contributed by atoms with Gasteiger partial charge in [0.15, 0.2) is 11.5 Å². The Hall–Kier alpha value is -1.54. The largest absolute Gasteiger partial charge is 0.490 e. The molecule has 3 N–H and O–H groups in total. The van der Waals surface area contributed by atoms with E-state index in [-0.39, 0.29) is 24.7 Å². The molecule has 0 fully saturated rings.